The lowest BCUT2D eigenvalue weighted by atomic mass is 10.1. The average Bonchev–Trinajstić information content (AvgIpc) is 2.39. The number of ether oxygens (including phenoxy) is 1. The van der Waals surface area contributed by atoms with Crippen LogP contribution in [-0.4, -0.2) is 48.7 Å². The number of carboxylic acid groups (broad SMARTS) is 1. The second-order valence-corrected chi connectivity index (χ2v) is 6.65. The molecule has 1 aliphatic heterocycles. The molecule has 110 valence electrons. The number of sulfonamides is 1. The summed E-state index contributed by atoms with van der Waals surface area (Å²) in [5.74, 6) is -1.41. The fraction of sp³-hybridized carbons (Fsp3) is 0.462. The molecule has 1 aromatic carbocycles. The Kier molecular flexibility index (Phi) is 4.61. The molecule has 0 bridgehead atoms. The molecule has 6 nitrogen and oxygen atoms in total. The molecular formula is C13H17NO5S. The number of aliphatic carboxylic acids is 1. The molecule has 0 saturated carbocycles. The zero-order valence-corrected chi connectivity index (χ0v) is 11.8. The van der Waals surface area contributed by atoms with Crippen LogP contribution >= 0.6 is 0 Å². The number of benzene rings is 1. The third-order valence-corrected chi connectivity index (χ3v) is 4.91. The van der Waals surface area contributed by atoms with Crippen LogP contribution < -0.4 is 4.74 Å². The van der Waals surface area contributed by atoms with Crippen LogP contribution in [0.3, 0.4) is 0 Å². The highest BCUT2D eigenvalue weighted by atomic mass is 32.2. The molecule has 0 spiro atoms. The number of carboxylic acids is 1. The predicted molar refractivity (Wildman–Crippen MR) is 73.1 cm³/mol. The number of para-hydroxylation sites is 1. The maximum Gasteiger partial charge on any atom is 0.320 e. The van der Waals surface area contributed by atoms with Gasteiger partial charge in [0.15, 0.2) is 5.75 Å². The van der Waals surface area contributed by atoms with E-state index < -0.39 is 21.7 Å². The SMILES string of the molecule is O=C(O)CS(=O)(=O)N1CCC(Oc2ccccc2)CC1. The van der Waals surface area contributed by atoms with Crippen molar-refractivity contribution in [3.8, 4) is 5.75 Å². The van der Waals surface area contributed by atoms with Gasteiger partial charge in [-0.05, 0) is 25.0 Å². The van der Waals surface area contributed by atoms with Crippen molar-refractivity contribution < 1.29 is 23.1 Å². The summed E-state index contributed by atoms with van der Waals surface area (Å²) in [5, 5.41) is 8.60. The standard InChI is InChI=1S/C13H17NO5S/c15-13(16)10-20(17,18)14-8-6-12(7-9-14)19-11-4-2-1-3-5-11/h1-5,12H,6-10H2,(H,15,16). The van der Waals surface area contributed by atoms with Gasteiger partial charge in [-0.2, -0.15) is 0 Å². The van der Waals surface area contributed by atoms with Crippen LogP contribution in [0.25, 0.3) is 0 Å². The molecule has 7 heteroatoms. The third-order valence-electron chi connectivity index (χ3n) is 3.15. The van der Waals surface area contributed by atoms with Crippen LogP contribution in [0.1, 0.15) is 12.8 Å². The van der Waals surface area contributed by atoms with Gasteiger partial charge in [0.2, 0.25) is 10.0 Å². The lowest BCUT2D eigenvalue weighted by Crippen LogP contribution is -2.43. The van der Waals surface area contributed by atoms with Crippen LogP contribution in [0.4, 0.5) is 0 Å². The average molecular weight is 299 g/mol. The second-order valence-electron chi connectivity index (χ2n) is 4.68. The Hall–Kier alpha value is -1.60. The normalized spacial score (nSPS) is 17.8. The summed E-state index contributed by atoms with van der Waals surface area (Å²) < 4.78 is 30.5. The Morgan fingerprint density at radius 3 is 2.40 bits per heavy atom. The number of nitrogens with zero attached hydrogens (tertiary/aromatic N) is 1. The molecule has 2 rings (SSSR count). The van der Waals surface area contributed by atoms with Crippen molar-refractivity contribution in [2.75, 3.05) is 18.8 Å². The molecule has 0 amide bonds. The van der Waals surface area contributed by atoms with E-state index in [0.29, 0.717) is 25.9 Å². The molecule has 0 radical (unpaired) electrons. The molecule has 1 aromatic rings. The minimum atomic E-state index is -3.70. The molecule has 1 saturated heterocycles. The lowest BCUT2D eigenvalue weighted by Gasteiger charge is -2.31. The number of rotatable bonds is 5. The van der Waals surface area contributed by atoms with E-state index in [2.05, 4.69) is 0 Å². The van der Waals surface area contributed by atoms with E-state index in [1.54, 1.807) is 0 Å². The van der Waals surface area contributed by atoms with E-state index in [1.807, 2.05) is 30.3 Å². The molecule has 1 N–H and O–H groups in total. The fourth-order valence-electron chi connectivity index (χ4n) is 2.17. The summed E-state index contributed by atoms with van der Waals surface area (Å²) in [6.45, 7) is 0.597. The molecule has 1 fully saturated rings. The minimum Gasteiger partial charge on any atom is -0.490 e. The molecule has 20 heavy (non-hydrogen) atoms. The van der Waals surface area contributed by atoms with Crippen LogP contribution in [-0.2, 0) is 14.8 Å². The fourth-order valence-corrected chi connectivity index (χ4v) is 3.43. The highest BCUT2D eigenvalue weighted by Crippen LogP contribution is 2.20. The zero-order chi connectivity index (χ0) is 14.6. The first kappa shape index (κ1) is 14.8. The Labute approximate surface area is 118 Å². The lowest BCUT2D eigenvalue weighted by molar-refractivity contribution is -0.134. The summed E-state index contributed by atoms with van der Waals surface area (Å²) in [6.07, 6.45) is 1.09. The van der Waals surface area contributed by atoms with E-state index >= 15 is 0 Å². The van der Waals surface area contributed by atoms with Crippen LogP contribution in [0.2, 0.25) is 0 Å². The Bertz CT molecular complexity index is 549. The first-order chi connectivity index (χ1) is 9.47. The molecule has 0 atom stereocenters. The first-order valence-corrected chi connectivity index (χ1v) is 7.99. The molecule has 0 aliphatic carbocycles. The number of carbonyl (C=O) groups is 1. The highest BCUT2D eigenvalue weighted by molar-refractivity contribution is 7.89. The first-order valence-electron chi connectivity index (χ1n) is 6.39. The van der Waals surface area contributed by atoms with E-state index in [0.717, 1.165) is 5.75 Å². The molecular weight excluding hydrogens is 282 g/mol. The molecule has 1 aliphatic rings. The monoisotopic (exact) mass is 299 g/mol. The predicted octanol–water partition coefficient (Wildman–Crippen LogP) is 0.944. The largest absolute Gasteiger partial charge is 0.490 e. The number of piperidine rings is 1. The van der Waals surface area contributed by atoms with Gasteiger partial charge in [0.1, 0.15) is 11.9 Å². The maximum absolute atomic E-state index is 11.8. The Balaban J connectivity index is 1.88. The van der Waals surface area contributed by atoms with Crippen molar-refractivity contribution in [3.63, 3.8) is 0 Å². The third kappa shape index (κ3) is 3.94. The van der Waals surface area contributed by atoms with Crippen molar-refractivity contribution in [3.05, 3.63) is 30.3 Å². The summed E-state index contributed by atoms with van der Waals surface area (Å²) >= 11 is 0. The van der Waals surface area contributed by atoms with E-state index in [1.165, 1.54) is 4.31 Å². The van der Waals surface area contributed by atoms with Gasteiger partial charge in [0.25, 0.3) is 0 Å². The second kappa shape index (κ2) is 6.23. The summed E-state index contributed by atoms with van der Waals surface area (Å²) in [6, 6.07) is 9.36. The van der Waals surface area contributed by atoms with Gasteiger partial charge in [-0.25, -0.2) is 12.7 Å². The molecule has 0 aromatic heterocycles. The smallest absolute Gasteiger partial charge is 0.320 e. The van der Waals surface area contributed by atoms with Gasteiger partial charge in [-0.1, -0.05) is 18.2 Å². The minimum absolute atomic E-state index is 0.0336. The van der Waals surface area contributed by atoms with Crippen LogP contribution in [0, 0.1) is 0 Å². The Morgan fingerprint density at radius 2 is 1.85 bits per heavy atom. The summed E-state index contributed by atoms with van der Waals surface area (Å²) in [4.78, 5) is 10.5. The Morgan fingerprint density at radius 1 is 1.25 bits per heavy atom. The van der Waals surface area contributed by atoms with E-state index in [4.69, 9.17) is 9.84 Å². The topological polar surface area (TPSA) is 83.9 Å². The summed E-state index contributed by atoms with van der Waals surface area (Å²) in [7, 11) is -3.70. The van der Waals surface area contributed by atoms with Gasteiger partial charge < -0.3 is 9.84 Å². The van der Waals surface area contributed by atoms with Crippen molar-refractivity contribution in [1.29, 1.82) is 0 Å². The highest BCUT2D eigenvalue weighted by Gasteiger charge is 2.30. The van der Waals surface area contributed by atoms with Gasteiger partial charge in [-0.3, -0.25) is 4.79 Å². The quantitative estimate of drug-likeness (QED) is 0.875. The number of hydrogen-bond acceptors (Lipinski definition) is 4. The van der Waals surface area contributed by atoms with Crippen molar-refractivity contribution in [2.45, 2.75) is 18.9 Å². The molecule has 0 unspecified atom stereocenters. The van der Waals surface area contributed by atoms with Gasteiger partial charge >= 0.3 is 5.97 Å². The van der Waals surface area contributed by atoms with Crippen LogP contribution in [0.5, 0.6) is 5.75 Å². The van der Waals surface area contributed by atoms with Gasteiger partial charge in [-0.15, -0.1) is 0 Å². The van der Waals surface area contributed by atoms with Crippen molar-refractivity contribution in [2.24, 2.45) is 0 Å². The van der Waals surface area contributed by atoms with E-state index in [-0.39, 0.29) is 6.10 Å². The maximum atomic E-state index is 11.8. The summed E-state index contributed by atoms with van der Waals surface area (Å²) in [5.41, 5.74) is 0. The van der Waals surface area contributed by atoms with E-state index in [9.17, 15) is 13.2 Å². The molecule has 1 heterocycles. The zero-order valence-electron chi connectivity index (χ0n) is 10.9. The van der Waals surface area contributed by atoms with Crippen molar-refractivity contribution in [1.82, 2.24) is 4.31 Å². The van der Waals surface area contributed by atoms with Crippen LogP contribution in [0.15, 0.2) is 30.3 Å². The van der Waals surface area contributed by atoms with Gasteiger partial charge in [0.05, 0.1) is 0 Å². The van der Waals surface area contributed by atoms with Crippen molar-refractivity contribution >= 4 is 16.0 Å². The number of hydrogen-bond donors (Lipinski definition) is 1. The van der Waals surface area contributed by atoms with Gasteiger partial charge in [0, 0.05) is 13.1 Å².